The van der Waals surface area contributed by atoms with Crippen molar-refractivity contribution in [3.63, 3.8) is 0 Å². The van der Waals surface area contributed by atoms with Crippen LogP contribution < -0.4 is 0 Å². The molecule has 0 aliphatic heterocycles. The first-order valence-corrected chi connectivity index (χ1v) is 6.64. The number of nitriles is 1. The summed E-state index contributed by atoms with van der Waals surface area (Å²) in [6.07, 6.45) is 3.13. The predicted octanol–water partition coefficient (Wildman–Crippen LogP) is 2.86. The van der Waals surface area contributed by atoms with E-state index >= 15 is 0 Å². The molecule has 0 fully saturated rings. The van der Waals surface area contributed by atoms with E-state index in [1.54, 1.807) is 36.5 Å². The Hall–Kier alpha value is -3.26. The minimum Gasteiger partial charge on any atom is -0.456 e. The molecule has 5 nitrogen and oxygen atoms in total. The Labute approximate surface area is 126 Å². The summed E-state index contributed by atoms with van der Waals surface area (Å²) in [6.45, 7) is 0.0567. The quantitative estimate of drug-likeness (QED) is 0.693. The molecule has 0 aliphatic carbocycles. The molecule has 0 spiro atoms. The topological polar surface area (TPSA) is 75.9 Å². The maximum Gasteiger partial charge on any atom is 0.339 e. The molecule has 0 aliphatic rings. The van der Waals surface area contributed by atoms with Crippen molar-refractivity contribution in [2.75, 3.05) is 0 Å². The van der Waals surface area contributed by atoms with Gasteiger partial charge in [0.15, 0.2) is 0 Å². The third kappa shape index (κ3) is 2.76. The minimum atomic E-state index is -0.426. The molecular weight excluding hydrogens is 278 g/mol. The first kappa shape index (κ1) is 13.7. The van der Waals surface area contributed by atoms with Gasteiger partial charge in [-0.1, -0.05) is 12.1 Å². The number of fused-ring (bicyclic) bond motifs is 1. The number of carbonyl (C=O) groups is 1. The van der Waals surface area contributed by atoms with Crippen molar-refractivity contribution < 1.29 is 9.53 Å². The van der Waals surface area contributed by atoms with E-state index in [0.717, 1.165) is 10.9 Å². The highest BCUT2D eigenvalue weighted by Gasteiger charge is 2.12. The van der Waals surface area contributed by atoms with E-state index in [2.05, 4.69) is 9.97 Å². The van der Waals surface area contributed by atoms with Gasteiger partial charge in [-0.05, 0) is 30.3 Å². The van der Waals surface area contributed by atoms with Crippen LogP contribution in [-0.2, 0) is 11.3 Å². The number of nitrogens with zero attached hydrogens (tertiary/aromatic N) is 3. The highest BCUT2D eigenvalue weighted by Crippen LogP contribution is 2.17. The zero-order valence-electron chi connectivity index (χ0n) is 11.6. The molecule has 0 radical (unpaired) electrons. The molecule has 0 unspecified atom stereocenters. The second kappa shape index (κ2) is 6.02. The summed E-state index contributed by atoms with van der Waals surface area (Å²) in [5.41, 5.74) is 2.27. The Morgan fingerprint density at radius 1 is 1.14 bits per heavy atom. The number of benzene rings is 1. The number of rotatable bonds is 3. The van der Waals surface area contributed by atoms with Crippen molar-refractivity contribution in [3.05, 3.63) is 71.7 Å². The van der Waals surface area contributed by atoms with Crippen LogP contribution in [0.25, 0.3) is 10.9 Å². The smallest absolute Gasteiger partial charge is 0.339 e. The molecule has 3 rings (SSSR count). The Morgan fingerprint density at radius 3 is 2.82 bits per heavy atom. The summed E-state index contributed by atoms with van der Waals surface area (Å²) in [7, 11) is 0. The first-order chi connectivity index (χ1) is 10.8. The lowest BCUT2D eigenvalue weighted by Crippen LogP contribution is -2.07. The number of ether oxygens (including phenoxy) is 1. The lowest BCUT2D eigenvalue weighted by atomic mass is 10.1. The SMILES string of the molecule is N#Cc1ccc(COC(=O)c2cccc3ncccc23)nc1. The predicted molar refractivity (Wildman–Crippen MR) is 79.8 cm³/mol. The van der Waals surface area contributed by atoms with Crippen LogP contribution in [0.3, 0.4) is 0 Å². The molecule has 3 aromatic rings. The average Bonchev–Trinajstić information content (AvgIpc) is 2.59. The number of esters is 1. The second-order valence-corrected chi connectivity index (χ2v) is 4.60. The normalized spacial score (nSPS) is 10.1. The van der Waals surface area contributed by atoms with Crippen molar-refractivity contribution in [3.8, 4) is 6.07 Å². The van der Waals surface area contributed by atoms with Crippen LogP contribution in [0, 0.1) is 11.3 Å². The van der Waals surface area contributed by atoms with Crippen molar-refractivity contribution in [2.24, 2.45) is 0 Å². The molecule has 2 aromatic heterocycles. The van der Waals surface area contributed by atoms with E-state index < -0.39 is 5.97 Å². The van der Waals surface area contributed by atoms with Crippen LogP contribution in [0.2, 0.25) is 0 Å². The summed E-state index contributed by atoms with van der Waals surface area (Å²) in [4.78, 5) is 20.5. The van der Waals surface area contributed by atoms with E-state index in [1.165, 1.54) is 6.20 Å². The molecule has 1 aromatic carbocycles. The highest BCUT2D eigenvalue weighted by molar-refractivity contribution is 6.03. The van der Waals surface area contributed by atoms with Gasteiger partial charge in [0.1, 0.15) is 12.7 Å². The van der Waals surface area contributed by atoms with Gasteiger partial charge < -0.3 is 4.74 Å². The number of hydrogen-bond donors (Lipinski definition) is 0. The van der Waals surface area contributed by atoms with Gasteiger partial charge in [0, 0.05) is 17.8 Å². The van der Waals surface area contributed by atoms with Gasteiger partial charge in [-0.15, -0.1) is 0 Å². The summed E-state index contributed by atoms with van der Waals surface area (Å²) in [5, 5.41) is 9.47. The fraction of sp³-hybridized carbons (Fsp3) is 0.0588. The zero-order valence-corrected chi connectivity index (χ0v) is 11.6. The number of hydrogen-bond acceptors (Lipinski definition) is 5. The van der Waals surface area contributed by atoms with Crippen LogP contribution in [0.5, 0.6) is 0 Å². The molecule has 0 saturated heterocycles. The van der Waals surface area contributed by atoms with Gasteiger partial charge in [-0.25, -0.2) is 4.79 Å². The summed E-state index contributed by atoms with van der Waals surface area (Å²) >= 11 is 0. The number of aromatic nitrogens is 2. The molecule has 2 heterocycles. The fourth-order valence-electron chi connectivity index (χ4n) is 2.07. The Balaban J connectivity index is 1.77. The largest absolute Gasteiger partial charge is 0.456 e. The van der Waals surface area contributed by atoms with Crippen molar-refractivity contribution in [1.29, 1.82) is 5.26 Å². The molecular formula is C17H11N3O2. The van der Waals surface area contributed by atoms with E-state index in [9.17, 15) is 4.79 Å². The third-order valence-corrected chi connectivity index (χ3v) is 3.17. The fourth-order valence-corrected chi connectivity index (χ4v) is 2.07. The van der Waals surface area contributed by atoms with E-state index in [1.807, 2.05) is 18.2 Å². The average molecular weight is 289 g/mol. The Morgan fingerprint density at radius 2 is 2.05 bits per heavy atom. The van der Waals surface area contributed by atoms with Gasteiger partial charge in [0.05, 0.1) is 22.3 Å². The van der Waals surface area contributed by atoms with E-state index in [4.69, 9.17) is 10.00 Å². The van der Waals surface area contributed by atoms with Crippen molar-refractivity contribution in [2.45, 2.75) is 6.61 Å². The highest BCUT2D eigenvalue weighted by atomic mass is 16.5. The van der Waals surface area contributed by atoms with Crippen molar-refractivity contribution in [1.82, 2.24) is 9.97 Å². The monoisotopic (exact) mass is 289 g/mol. The second-order valence-electron chi connectivity index (χ2n) is 4.60. The first-order valence-electron chi connectivity index (χ1n) is 6.64. The summed E-state index contributed by atoms with van der Waals surface area (Å²) in [6, 6.07) is 14.2. The molecule has 0 N–H and O–H groups in total. The summed E-state index contributed by atoms with van der Waals surface area (Å²) in [5.74, 6) is -0.426. The van der Waals surface area contributed by atoms with Gasteiger partial charge >= 0.3 is 5.97 Å². The third-order valence-electron chi connectivity index (χ3n) is 3.17. The molecule has 0 atom stereocenters. The molecule has 5 heteroatoms. The molecule has 0 amide bonds. The maximum absolute atomic E-state index is 12.2. The number of carbonyl (C=O) groups excluding carboxylic acids is 1. The van der Waals surface area contributed by atoms with Gasteiger partial charge in [-0.2, -0.15) is 5.26 Å². The van der Waals surface area contributed by atoms with E-state index in [0.29, 0.717) is 16.8 Å². The van der Waals surface area contributed by atoms with Gasteiger partial charge in [0.25, 0.3) is 0 Å². The number of pyridine rings is 2. The van der Waals surface area contributed by atoms with Gasteiger partial charge in [-0.3, -0.25) is 9.97 Å². The van der Waals surface area contributed by atoms with Crippen LogP contribution in [0.1, 0.15) is 21.6 Å². The van der Waals surface area contributed by atoms with Crippen LogP contribution in [0.15, 0.2) is 54.9 Å². The Bertz CT molecular complexity index is 862. The summed E-state index contributed by atoms with van der Waals surface area (Å²) < 4.78 is 5.28. The lowest BCUT2D eigenvalue weighted by molar-refractivity contribution is 0.0470. The van der Waals surface area contributed by atoms with Crippen LogP contribution in [0.4, 0.5) is 0 Å². The maximum atomic E-state index is 12.2. The standard InChI is InChI=1S/C17H11N3O2/c18-9-12-6-7-13(20-10-12)11-22-17(21)15-3-1-5-16-14(15)4-2-8-19-16/h1-8,10H,11H2. The minimum absolute atomic E-state index is 0.0567. The van der Waals surface area contributed by atoms with Gasteiger partial charge in [0.2, 0.25) is 0 Å². The molecule has 0 saturated carbocycles. The van der Waals surface area contributed by atoms with E-state index in [-0.39, 0.29) is 6.61 Å². The molecule has 0 bridgehead atoms. The molecule has 22 heavy (non-hydrogen) atoms. The van der Waals surface area contributed by atoms with Crippen LogP contribution >= 0.6 is 0 Å². The zero-order chi connectivity index (χ0) is 15.4. The lowest BCUT2D eigenvalue weighted by Gasteiger charge is -2.07. The van der Waals surface area contributed by atoms with Crippen molar-refractivity contribution >= 4 is 16.9 Å². The Kier molecular flexibility index (Phi) is 3.75. The van der Waals surface area contributed by atoms with Crippen LogP contribution in [-0.4, -0.2) is 15.9 Å². The molecule has 106 valence electrons.